The first-order chi connectivity index (χ1) is 9.22. The fraction of sp³-hybridized carbons (Fsp3) is 0.357. The zero-order valence-electron chi connectivity index (χ0n) is 12.4. The van der Waals surface area contributed by atoms with Crippen LogP contribution in [0.3, 0.4) is 0 Å². The van der Waals surface area contributed by atoms with E-state index in [1.165, 1.54) is 0 Å². The number of hydrogen-bond donors (Lipinski definition) is 1. The van der Waals surface area contributed by atoms with E-state index in [0.29, 0.717) is 17.1 Å². The van der Waals surface area contributed by atoms with Gasteiger partial charge < -0.3 is 0 Å². The molecule has 108 valence electrons. The third kappa shape index (κ3) is 2.56. The summed E-state index contributed by atoms with van der Waals surface area (Å²) in [5, 5.41) is 4.15. The Labute approximate surface area is 119 Å². The highest BCUT2D eigenvalue weighted by atomic mass is 32.2. The molecule has 0 aliphatic heterocycles. The van der Waals surface area contributed by atoms with Gasteiger partial charge in [-0.1, -0.05) is 6.07 Å². The number of nitrogens with zero attached hydrogens (tertiary/aromatic N) is 2. The van der Waals surface area contributed by atoms with Gasteiger partial charge in [0.15, 0.2) is 0 Å². The van der Waals surface area contributed by atoms with E-state index in [0.717, 1.165) is 11.1 Å². The Morgan fingerprint density at radius 1 is 1.10 bits per heavy atom. The molecule has 0 amide bonds. The summed E-state index contributed by atoms with van der Waals surface area (Å²) in [7, 11) is -1.88. The molecule has 1 N–H and O–H groups in total. The standard InChI is InChI=1S/C14H19N3O2S/c1-9-6-7-13(8-10(9)2)16-20(18,19)14-11(3)15-17(5)12(14)4/h6-8,16H,1-5H3. The summed E-state index contributed by atoms with van der Waals surface area (Å²) in [4.78, 5) is 0.248. The van der Waals surface area contributed by atoms with Crippen molar-refractivity contribution >= 4 is 15.7 Å². The van der Waals surface area contributed by atoms with Crippen LogP contribution in [0.15, 0.2) is 23.1 Å². The second kappa shape index (κ2) is 4.94. The van der Waals surface area contributed by atoms with Gasteiger partial charge >= 0.3 is 0 Å². The van der Waals surface area contributed by atoms with Gasteiger partial charge in [0.25, 0.3) is 10.0 Å². The Bertz CT molecular complexity index is 761. The molecule has 0 fully saturated rings. The van der Waals surface area contributed by atoms with Gasteiger partial charge in [-0.25, -0.2) is 8.42 Å². The van der Waals surface area contributed by atoms with Crippen molar-refractivity contribution in [2.45, 2.75) is 32.6 Å². The van der Waals surface area contributed by atoms with Crippen LogP contribution in [0, 0.1) is 27.7 Å². The molecule has 1 aromatic heterocycles. The summed E-state index contributed by atoms with van der Waals surface area (Å²) in [5.74, 6) is 0. The van der Waals surface area contributed by atoms with Crippen molar-refractivity contribution in [3.05, 3.63) is 40.7 Å². The van der Waals surface area contributed by atoms with E-state index in [-0.39, 0.29) is 4.90 Å². The van der Waals surface area contributed by atoms with Crippen LogP contribution in [0.2, 0.25) is 0 Å². The van der Waals surface area contributed by atoms with E-state index in [1.807, 2.05) is 26.0 Å². The van der Waals surface area contributed by atoms with Gasteiger partial charge in [0, 0.05) is 12.7 Å². The predicted molar refractivity (Wildman–Crippen MR) is 79.4 cm³/mol. The first-order valence-corrected chi connectivity index (χ1v) is 7.81. The second-order valence-electron chi connectivity index (χ2n) is 5.03. The summed E-state index contributed by atoms with van der Waals surface area (Å²) in [5.41, 5.74) is 3.86. The SMILES string of the molecule is Cc1ccc(NS(=O)(=O)c2c(C)nn(C)c2C)cc1C. The van der Waals surface area contributed by atoms with Crippen LogP contribution >= 0.6 is 0 Å². The Balaban J connectivity index is 2.43. The predicted octanol–water partition coefficient (Wildman–Crippen LogP) is 2.45. The Kier molecular flexibility index (Phi) is 3.60. The molecular formula is C14H19N3O2S. The molecule has 20 heavy (non-hydrogen) atoms. The summed E-state index contributed by atoms with van der Waals surface area (Å²) < 4.78 is 29.2. The third-order valence-electron chi connectivity index (χ3n) is 3.47. The Morgan fingerprint density at radius 2 is 1.75 bits per heavy atom. The summed E-state index contributed by atoms with van der Waals surface area (Å²) in [6, 6.07) is 5.49. The fourth-order valence-electron chi connectivity index (χ4n) is 2.15. The van der Waals surface area contributed by atoms with Crippen molar-refractivity contribution < 1.29 is 8.42 Å². The minimum Gasteiger partial charge on any atom is -0.280 e. The van der Waals surface area contributed by atoms with Gasteiger partial charge in [-0.3, -0.25) is 9.40 Å². The minimum absolute atomic E-state index is 0.248. The summed E-state index contributed by atoms with van der Waals surface area (Å²) in [6.07, 6.45) is 0. The number of sulfonamides is 1. The number of nitrogens with one attached hydrogen (secondary N) is 1. The topological polar surface area (TPSA) is 64.0 Å². The number of hydrogen-bond acceptors (Lipinski definition) is 3. The van der Waals surface area contributed by atoms with Crippen LogP contribution in [0.25, 0.3) is 0 Å². The molecule has 0 radical (unpaired) electrons. The minimum atomic E-state index is -3.62. The molecule has 5 nitrogen and oxygen atoms in total. The average Bonchev–Trinajstić information content (AvgIpc) is 2.58. The molecular weight excluding hydrogens is 274 g/mol. The van der Waals surface area contributed by atoms with Crippen LogP contribution < -0.4 is 4.72 Å². The van der Waals surface area contributed by atoms with Crippen molar-refractivity contribution in [3.8, 4) is 0 Å². The van der Waals surface area contributed by atoms with Gasteiger partial charge in [-0.2, -0.15) is 5.10 Å². The summed E-state index contributed by atoms with van der Waals surface area (Å²) in [6.45, 7) is 7.38. The van der Waals surface area contributed by atoms with Gasteiger partial charge in [-0.15, -0.1) is 0 Å². The van der Waals surface area contributed by atoms with E-state index in [1.54, 1.807) is 31.6 Å². The second-order valence-corrected chi connectivity index (χ2v) is 6.65. The van der Waals surface area contributed by atoms with Crippen molar-refractivity contribution in [2.24, 2.45) is 7.05 Å². The van der Waals surface area contributed by atoms with Crippen LogP contribution in [-0.4, -0.2) is 18.2 Å². The molecule has 0 aliphatic rings. The van der Waals surface area contributed by atoms with Crippen molar-refractivity contribution in [1.29, 1.82) is 0 Å². The largest absolute Gasteiger partial charge is 0.280 e. The molecule has 0 atom stereocenters. The smallest absolute Gasteiger partial charge is 0.265 e. The molecule has 0 saturated heterocycles. The molecule has 0 bridgehead atoms. The van der Waals surface area contributed by atoms with Gasteiger partial charge in [0.05, 0.1) is 11.4 Å². The summed E-state index contributed by atoms with van der Waals surface area (Å²) >= 11 is 0. The first-order valence-electron chi connectivity index (χ1n) is 6.32. The number of rotatable bonds is 3. The molecule has 6 heteroatoms. The zero-order valence-corrected chi connectivity index (χ0v) is 13.2. The molecule has 0 aliphatic carbocycles. The maximum Gasteiger partial charge on any atom is 0.265 e. The van der Waals surface area contributed by atoms with Gasteiger partial charge in [0.1, 0.15) is 4.90 Å². The molecule has 1 aromatic carbocycles. The van der Waals surface area contributed by atoms with E-state index in [9.17, 15) is 8.42 Å². The van der Waals surface area contributed by atoms with Crippen LogP contribution in [0.5, 0.6) is 0 Å². The van der Waals surface area contributed by atoms with Crippen LogP contribution in [0.4, 0.5) is 5.69 Å². The highest BCUT2D eigenvalue weighted by Gasteiger charge is 2.23. The molecule has 2 aromatic rings. The zero-order chi connectivity index (χ0) is 15.1. The molecule has 2 rings (SSSR count). The highest BCUT2D eigenvalue weighted by Crippen LogP contribution is 2.23. The van der Waals surface area contributed by atoms with Crippen molar-refractivity contribution in [1.82, 2.24) is 9.78 Å². The number of anilines is 1. The lowest BCUT2D eigenvalue weighted by atomic mass is 10.1. The number of benzene rings is 1. The lowest BCUT2D eigenvalue weighted by Gasteiger charge is -2.10. The van der Waals surface area contributed by atoms with Crippen molar-refractivity contribution in [3.63, 3.8) is 0 Å². The molecule has 0 spiro atoms. The highest BCUT2D eigenvalue weighted by molar-refractivity contribution is 7.92. The molecule has 0 unspecified atom stereocenters. The fourth-order valence-corrected chi connectivity index (χ4v) is 3.64. The van der Waals surface area contributed by atoms with Crippen molar-refractivity contribution in [2.75, 3.05) is 4.72 Å². The molecule has 1 heterocycles. The maximum atomic E-state index is 12.5. The lowest BCUT2D eigenvalue weighted by molar-refractivity contribution is 0.599. The van der Waals surface area contributed by atoms with Crippen LogP contribution in [-0.2, 0) is 17.1 Å². The lowest BCUT2D eigenvalue weighted by Crippen LogP contribution is -2.15. The van der Waals surface area contributed by atoms with E-state index < -0.39 is 10.0 Å². The van der Waals surface area contributed by atoms with E-state index in [4.69, 9.17) is 0 Å². The normalized spacial score (nSPS) is 11.7. The average molecular weight is 293 g/mol. The number of aryl methyl sites for hydroxylation is 4. The van der Waals surface area contributed by atoms with E-state index in [2.05, 4.69) is 9.82 Å². The Morgan fingerprint density at radius 3 is 2.25 bits per heavy atom. The third-order valence-corrected chi connectivity index (χ3v) is 5.10. The van der Waals surface area contributed by atoms with Gasteiger partial charge in [-0.05, 0) is 51.0 Å². The molecule has 0 saturated carbocycles. The Hall–Kier alpha value is -1.82. The maximum absolute atomic E-state index is 12.5. The van der Waals surface area contributed by atoms with E-state index >= 15 is 0 Å². The monoisotopic (exact) mass is 293 g/mol. The first kappa shape index (κ1) is 14.6. The number of aromatic nitrogens is 2. The van der Waals surface area contributed by atoms with Crippen LogP contribution in [0.1, 0.15) is 22.5 Å². The quantitative estimate of drug-likeness (QED) is 0.945. The van der Waals surface area contributed by atoms with Gasteiger partial charge in [0.2, 0.25) is 0 Å².